The van der Waals surface area contributed by atoms with Crippen LogP contribution in [-0.4, -0.2) is 41.4 Å². The smallest absolute Gasteiger partial charge is 0.232 e. The van der Waals surface area contributed by atoms with Crippen LogP contribution in [0.3, 0.4) is 0 Å². The fourth-order valence-corrected chi connectivity index (χ4v) is 2.44. The van der Waals surface area contributed by atoms with Gasteiger partial charge in [0, 0.05) is 18.3 Å². The van der Waals surface area contributed by atoms with Gasteiger partial charge < -0.3 is 10.6 Å². The Hall–Kier alpha value is -0.220. The van der Waals surface area contributed by atoms with Gasteiger partial charge in [0.15, 0.2) is 0 Å². The van der Waals surface area contributed by atoms with E-state index in [9.17, 15) is 4.79 Å². The number of amides is 1. The molecule has 1 unspecified atom stereocenters. The molecule has 0 bridgehead atoms. The fraction of sp³-hybridized carbons (Fsp3) is 0.917. The van der Waals surface area contributed by atoms with E-state index in [1.54, 1.807) is 11.8 Å². The van der Waals surface area contributed by atoms with Crippen molar-refractivity contribution in [3.63, 3.8) is 0 Å². The summed E-state index contributed by atoms with van der Waals surface area (Å²) >= 11 is 1.72. The quantitative estimate of drug-likeness (QED) is 0.678. The summed E-state index contributed by atoms with van der Waals surface area (Å²) in [6.45, 7) is 8.84. The Morgan fingerprint density at radius 2 is 1.88 bits per heavy atom. The molecule has 0 aromatic heterocycles. The first-order chi connectivity index (χ1) is 7.65. The van der Waals surface area contributed by atoms with Crippen LogP contribution in [0.15, 0.2) is 0 Å². The van der Waals surface area contributed by atoms with Crippen LogP contribution in [0, 0.1) is 0 Å². The molecule has 0 saturated heterocycles. The van der Waals surface area contributed by atoms with Crippen molar-refractivity contribution >= 4 is 17.7 Å². The van der Waals surface area contributed by atoms with Crippen molar-refractivity contribution < 1.29 is 4.79 Å². The molecule has 16 heavy (non-hydrogen) atoms. The summed E-state index contributed by atoms with van der Waals surface area (Å²) in [5.41, 5.74) is 5.48. The molecule has 0 aromatic rings. The SMILES string of the molecule is CCCN(CCC)C(=O)CSC(C)CCN. The molecule has 1 atom stereocenters. The topological polar surface area (TPSA) is 46.3 Å². The molecule has 4 heteroatoms. The van der Waals surface area contributed by atoms with Crippen LogP contribution in [-0.2, 0) is 4.79 Å². The van der Waals surface area contributed by atoms with Crippen molar-refractivity contribution in [1.29, 1.82) is 0 Å². The van der Waals surface area contributed by atoms with Crippen LogP contribution < -0.4 is 5.73 Å². The van der Waals surface area contributed by atoms with E-state index >= 15 is 0 Å². The van der Waals surface area contributed by atoms with E-state index in [0.29, 0.717) is 17.5 Å². The summed E-state index contributed by atoms with van der Waals surface area (Å²) in [6.07, 6.45) is 3.06. The molecule has 0 saturated carbocycles. The highest BCUT2D eigenvalue weighted by Crippen LogP contribution is 2.14. The summed E-state index contributed by atoms with van der Waals surface area (Å²) in [4.78, 5) is 13.9. The lowest BCUT2D eigenvalue weighted by atomic mass is 10.3. The number of hydrogen-bond acceptors (Lipinski definition) is 3. The van der Waals surface area contributed by atoms with Gasteiger partial charge in [-0.05, 0) is 25.8 Å². The number of hydrogen-bond donors (Lipinski definition) is 1. The van der Waals surface area contributed by atoms with Crippen molar-refractivity contribution in [2.24, 2.45) is 5.73 Å². The van der Waals surface area contributed by atoms with Crippen molar-refractivity contribution in [2.75, 3.05) is 25.4 Å². The van der Waals surface area contributed by atoms with Gasteiger partial charge in [0.2, 0.25) is 5.91 Å². The van der Waals surface area contributed by atoms with Crippen molar-refractivity contribution in [3.8, 4) is 0 Å². The van der Waals surface area contributed by atoms with Gasteiger partial charge >= 0.3 is 0 Å². The average Bonchev–Trinajstić information content (AvgIpc) is 2.26. The van der Waals surface area contributed by atoms with Gasteiger partial charge in [-0.2, -0.15) is 0 Å². The van der Waals surface area contributed by atoms with Crippen molar-refractivity contribution in [1.82, 2.24) is 4.90 Å². The Labute approximate surface area is 104 Å². The third-order valence-electron chi connectivity index (χ3n) is 2.40. The van der Waals surface area contributed by atoms with Crippen molar-refractivity contribution in [3.05, 3.63) is 0 Å². The largest absolute Gasteiger partial charge is 0.342 e. The monoisotopic (exact) mass is 246 g/mol. The number of thioether (sulfide) groups is 1. The van der Waals surface area contributed by atoms with Crippen LogP contribution in [0.2, 0.25) is 0 Å². The average molecular weight is 246 g/mol. The fourth-order valence-electron chi connectivity index (χ4n) is 1.52. The van der Waals surface area contributed by atoms with Gasteiger partial charge in [-0.1, -0.05) is 20.8 Å². The second kappa shape index (κ2) is 9.97. The highest BCUT2D eigenvalue weighted by molar-refractivity contribution is 8.00. The van der Waals surface area contributed by atoms with Gasteiger partial charge in [0.05, 0.1) is 5.75 Å². The first kappa shape index (κ1) is 15.8. The van der Waals surface area contributed by atoms with E-state index in [1.807, 2.05) is 4.90 Å². The molecule has 0 aliphatic carbocycles. The lowest BCUT2D eigenvalue weighted by Crippen LogP contribution is -2.34. The second-order valence-corrected chi connectivity index (χ2v) is 5.51. The Kier molecular flexibility index (Phi) is 9.83. The van der Waals surface area contributed by atoms with E-state index in [1.165, 1.54) is 0 Å². The molecule has 0 fully saturated rings. The van der Waals surface area contributed by atoms with Gasteiger partial charge in [-0.15, -0.1) is 11.8 Å². The molecule has 96 valence electrons. The Morgan fingerprint density at radius 3 is 2.31 bits per heavy atom. The minimum atomic E-state index is 0.276. The predicted octanol–water partition coefficient (Wildman–Crippen LogP) is 2.11. The molecule has 0 spiro atoms. The number of nitrogens with two attached hydrogens (primary N) is 1. The predicted molar refractivity (Wildman–Crippen MR) is 72.8 cm³/mol. The zero-order chi connectivity index (χ0) is 12.4. The third kappa shape index (κ3) is 7.12. The number of nitrogens with zero attached hydrogens (tertiary/aromatic N) is 1. The normalized spacial score (nSPS) is 12.5. The number of carbonyl (C=O) groups excluding carboxylic acids is 1. The lowest BCUT2D eigenvalue weighted by molar-refractivity contribution is -0.128. The number of rotatable bonds is 9. The molecule has 0 aliphatic heterocycles. The molecule has 0 heterocycles. The van der Waals surface area contributed by atoms with Crippen LogP contribution in [0.25, 0.3) is 0 Å². The van der Waals surface area contributed by atoms with Gasteiger partial charge in [0.1, 0.15) is 0 Å². The first-order valence-electron chi connectivity index (χ1n) is 6.25. The number of carbonyl (C=O) groups is 1. The summed E-state index contributed by atoms with van der Waals surface area (Å²) in [5, 5.41) is 0.485. The minimum Gasteiger partial charge on any atom is -0.342 e. The third-order valence-corrected chi connectivity index (χ3v) is 3.62. The summed E-state index contributed by atoms with van der Waals surface area (Å²) in [7, 11) is 0. The van der Waals surface area contributed by atoms with Crippen LogP contribution >= 0.6 is 11.8 Å². The molecule has 0 radical (unpaired) electrons. The van der Waals surface area contributed by atoms with E-state index in [0.717, 1.165) is 32.4 Å². The van der Waals surface area contributed by atoms with E-state index in [2.05, 4.69) is 20.8 Å². The lowest BCUT2D eigenvalue weighted by Gasteiger charge is -2.22. The second-order valence-electron chi connectivity index (χ2n) is 4.08. The Morgan fingerprint density at radius 1 is 1.31 bits per heavy atom. The summed E-state index contributed by atoms with van der Waals surface area (Å²) in [6, 6.07) is 0. The Bertz CT molecular complexity index is 182. The summed E-state index contributed by atoms with van der Waals surface area (Å²) < 4.78 is 0. The molecular weight excluding hydrogens is 220 g/mol. The highest BCUT2D eigenvalue weighted by Gasteiger charge is 2.13. The van der Waals surface area contributed by atoms with Gasteiger partial charge in [0.25, 0.3) is 0 Å². The maximum Gasteiger partial charge on any atom is 0.232 e. The van der Waals surface area contributed by atoms with Crippen LogP contribution in [0.1, 0.15) is 40.0 Å². The van der Waals surface area contributed by atoms with Crippen molar-refractivity contribution in [2.45, 2.75) is 45.3 Å². The molecule has 3 nitrogen and oxygen atoms in total. The van der Waals surface area contributed by atoms with Gasteiger partial charge in [-0.25, -0.2) is 0 Å². The summed E-state index contributed by atoms with van der Waals surface area (Å²) in [5.74, 6) is 0.874. The first-order valence-corrected chi connectivity index (χ1v) is 7.29. The maximum absolute atomic E-state index is 11.9. The standard InChI is InChI=1S/C12H26N2OS/c1-4-8-14(9-5-2)12(15)10-16-11(3)6-7-13/h11H,4-10,13H2,1-3H3. The zero-order valence-electron chi connectivity index (χ0n) is 10.9. The zero-order valence-corrected chi connectivity index (χ0v) is 11.7. The highest BCUT2D eigenvalue weighted by atomic mass is 32.2. The van der Waals surface area contributed by atoms with Crippen LogP contribution in [0.4, 0.5) is 0 Å². The van der Waals surface area contributed by atoms with E-state index < -0.39 is 0 Å². The molecule has 0 rings (SSSR count). The Balaban J connectivity index is 3.90. The van der Waals surface area contributed by atoms with Gasteiger partial charge in [-0.3, -0.25) is 4.79 Å². The van der Waals surface area contributed by atoms with E-state index in [4.69, 9.17) is 5.73 Å². The molecular formula is C12H26N2OS. The minimum absolute atomic E-state index is 0.276. The molecule has 2 N–H and O–H groups in total. The molecule has 0 aliphatic rings. The maximum atomic E-state index is 11.9. The van der Waals surface area contributed by atoms with E-state index in [-0.39, 0.29) is 5.91 Å². The van der Waals surface area contributed by atoms with Crippen LogP contribution in [0.5, 0.6) is 0 Å². The molecule has 0 aromatic carbocycles. The molecule has 1 amide bonds.